The normalized spacial score (nSPS) is 12.0. The van der Waals surface area contributed by atoms with Crippen LogP contribution in [0.2, 0.25) is 0 Å². The average molecular weight is 616 g/mol. The van der Waals surface area contributed by atoms with E-state index in [-0.39, 0.29) is 47.2 Å². The Morgan fingerprint density at radius 1 is 0.857 bits per heavy atom. The number of anilines is 1. The molecule has 42 heavy (non-hydrogen) atoms. The van der Waals surface area contributed by atoms with Crippen LogP contribution < -0.4 is 19.7 Å². The quantitative estimate of drug-likeness (QED) is 0.0527. The summed E-state index contributed by atoms with van der Waals surface area (Å²) < 4.78 is 50.5. The second kappa shape index (κ2) is 13.1. The standard InChI is InChI=1S/C26H26N5O9PS/c1-3-38-22-14-21(23(39-4-2)13-20(22)29-28-17-6-5-7-18(12-17)40-41(33)34)30-31-25-24(42(35,36)37)10-15-8-9-16(27)11-19(15)26(25)32/h5-14,32-34H,3-4,27H2,1-2H3,(H,35,36,37)/b29-28-,31-30-. The van der Waals surface area contributed by atoms with Gasteiger partial charge in [0.15, 0.2) is 5.75 Å². The molecule has 0 aliphatic rings. The minimum absolute atomic E-state index is 0.0993. The number of nitrogens with zero attached hydrogens (tertiary/aromatic N) is 4. The molecule has 220 valence electrons. The Bertz CT molecular complexity index is 1780. The second-order valence-corrected chi connectivity index (χ2v) is 10.5. The van der Waals surface area contributed by atoms with E-state index in [1.165, 1.54) is 42.5 Å². The van der Waals surface area contributed by atoms with Crippen LogP contribution in [-0.4, -0.2) is 41.1 Å². The first-order valence-corrected chi connectivity index (χ1v) is 14.9. The van der Waals surface area contributed by atoms with Crippen molar-refractivity contribution in [2.45, 2.75) is 18.7 Å². The molecule has 0 aliphatic heterocycles. The van der Waals surface area contributed by atoms with E-state index >= 15 is 0 Å². The Kier molecular flexibility index (Phi) is 9.50. The van der Waals surface area contributed by atoms with Gasteiger partial charge in [0.05, 0.1) is 18.9 Å². The number of phenolic OH excluding ortho intramolecular Hbond substituents is 1. The molecule has 0 saturated heterocycles. The lowest BCUT2D eigenvalue weighted by atomic mass is 10.1. The van der Waals surface area contributed by atoms with Crippen LogP contribution in [0.3, 0.4) is 0 Å². The van der Waals surface area contributed by atoms with Gasteiger partial charge in [-0.25, -0.2) is 0 Å². The zero-order chi connectivity index (χ0) is 30.4. The maximum absolute atomic E-state index is 12.2. The highest BCUT2D eigenvalue weighted by Crippen LogP contribution is 2.45. The molecule has 14 nitrogen and oxygen atoms in total. The highest BCUT2D eigenvalue weighted by atomic mass is 32.2. The molecule has 6 N–H and O–H groups in total. The van der Waals surface area contributed by atoms with Crippen molar-refractivity contribution in [2.75, 3.05) is 18.9 Å². The van der Waals surface area contributed by atoms with Crippen LogP contribution in [0.5, 0.6) is 23.0 Å². The van der Waals surface area contributed by atoms with Gasteiger partial charge in [-0.1, -0.05) is 12.1 Å². The lowest BCUT2D eigenvalue weighted by Gasteiger charge is -2.12. The number of hydrogen-bond donors (Lipinski definition) is 5. The molecule has 4 aromatic rings. The van der Waals surface area contributed by atoms with Crippen molar-refractivity contribution >= 4 is 57.9 Å². The highest BCUT2D eigenvalue weighted by Gasteiger charge is 2.22. The van der Waals surface area contributed by atoms with Crippen LogP contribution in [0.25, 0.3) is 10.8 Å². The van der Waals surface area contributed by atoms with Gasteiger partial charge in [-0.15, -0.1) is 15.3 Å². The maximum Gasteiger partial charge on any atom is 0.391 e. The number of ether oxygens (including phenoxy) is 2. The molecule has 0 bridgehead atoms. The predicted molar refractivity (Wildman–Crippen MR) is 155 cm³/mol. The van der Waals surface area contributed by atoms with Crippen molar-refractivity contribution in [3.05, 3.63) is 60.7 Å². The third-order valence-electron chi connectivity index (χ3n) is 5.53. The summed E-state index contributed by atoms with van der Waals surface area (Å²) in [4.78, 5) is 17.5. The molecular formula is C26H26N5O9PS. The second-order valence-electron chi connectivity index (χ2n) is 8.42. The van der Waals surface area contributed by atoms with E-state index in [9.17, 15) is 18.1 Å². The SMILES string of the molecule is CCOc1cc(/N=N\c2c(S(=O)(=O)O)cc3ccc(N)cc3c2O)c(OCC)cc1/N=N\c1cccc(OP(O)O)c1. The summed E-state index contributed by atoms with van der Waals surface area (Å²) in [7, 11) is -7.42. The minimum Gasteiger partial charge on any atom is -0.505 e. The molecule has 4 rings (SSSR count). The van der Waals surface area contributed by atoms with Crippen LogP contribution >= 0.6 is 8.60 Å². The number of rotatable bonds is 11. The summed E-state index contributed by atoms with van der Waals surface area (Å²) >= 11 is 0. The Labute approximate surface area is 241 Å². The Morgan fingerprint density at radius 2 is 1.50 bits per heavy atom. The third kappa shape index (κ3) is 7.26. The summed E-state index contributed by atoms with van der Waals surface area (Å²) in [5.41, 5.74) is 6.33. The molecule has 0 radical (unpaired) electrons. The lowest BCUT2D eigenvalue weighted by molar-refractivity contribution is 0.332. The number of hydrogen-bond acceptors (Lipinski definition) is 13. The smallest absolute Gasteiger partial charge is 0.391 e. The van der Waals surface area contributed by atoms with Crippen molar-refractivity contribution in [1.82, 2.24) is 0 Å². The monoisotopic (exact) mass is 615 g/mol. The molecule has 0 fully saturated rings. The van der Waals surface area contributed by atoms with E-state index in [1.807, 2.05) is 0 Å². The molecule has 0 spiro atoms. The van der Waals surface area contributed by atoms with Crippen LogP contribution in [0, 0.1) is 0 Å². The Hall–Kier alpha value is -4.40. The van der Waals surface area contributed by atoms with Crippen LogP contribution in [0.15, 0.2) is 86.0 Å². The van der Waals surface area contributed by atoms with E-state index in [1.54, 1.807) is 26.0 Å². The number of phenols is 1. The number of azo groups is 2. The van der Waals surface area contributed by atoms with Crippen LogP contribution in [-0.2, 0) is 10.1 Å². The number of nitrogens with two attached hydrogens (primary N) is 1. The van der Waals surface area contributed by atoms with Crippen molar-refractivity contribution in [3.8, 4) is 23.0 Å². The van der Waals surface area contributed by atoms with Crippen molar-refractivity contribution in [3.63, 3.8) is 0 Å². The molecule has 4 aromatic carbocycles. The number of benzene rings is 4. The summed E-state index contributed by atoms with van der Waals surface area (Å²) in [5.74, 6) is 0.0404. The van der Waals surface area contributed by atoms with Gasteiger partial charge in [-0.2, -0.15) is 13.5 Å². The van der Waals surface area contributed by atoms with Crippen molar-refractivity contribution in [1.29, 1.82) is 0 Å². The van der Waals surface area contributed by atoms with Gasteiger partial charge in [0.2, 0.25) is 0 Å². The van der Waals surface area contributed by atoms with Crippen molar-refractivity contribution in [2.24, 2.45) is 20.5 Å². The maximum atomic E-state index is 12.2. The van der Waals surface area contributed by atoms with E-state index in [0.717, 1.165) is 6.07 Å². The zero-order valence-corrected chi connectivity index (χ0v) is 24.0. The predicted octanol–water partition coefficient (Wildman–Crippen LogP) is 6.59. The molecule has 0 saturated carbocycles. The molecule has 0 aromatic heterocycles. The fourth-order valence-corrected chi connectivity index (χ4v) is 4.76. The molecular weight excluding hydrogens is 589 g/mol. The molecule has 0 aliphatic carbocycles. The Balaban J connectivity index is 1.80. The van der Waals surface area contributed by atoms with E-state index in [0.29, 0.717) is 16.8 Å². The zero-order valence-electron chi connectivity index (χ0n) is 22.2. The van der Waals surface area contributed by atoms with Gasteiger partial charge >= 0.3 is 8.60 Å². The van der Waals surface area contributed by atoms with Gasteiger partial charge in [0, 0.05) is 29.3 Å². The first-order chi connectivity index (χ1) is 20.0. The van der Waals surface area contributed by atoms with Gasteiger partial charge in [-0.05, 0) is 49.6 Å². The summed E-state index contributed by atoms with van der Waals surface area (Å²) in [6.07, 6.45) is 0. The topological polar surface area (TPSA) is 218 Å². The first-order valence-electron chi connectivity index (χ1n) is 12.3. The van der Waals surface area contributed by atoms with Crippen molar-refractivity contribution < 1.29 is 41.9 Å². The summed E-state index contributed by atoms with van der Waals surface area (Å²) in [6, 6.07) is 14.7. The van der Waals surface area contributed by atoms with E-state index < -0.39 is 35.1 Å². The summed E-state index contributed by atoms with van der Waals surface area (Å²) in [6.45, 7) is 3.94. The number of nitrogen functional groups attached to an aromatic ring is 1. The minimum atomic E-state index is -4.81. The average Bonchev–Trinajstić information content (AvgIpc) is 2.92. The number of aromatic hydroxyl groups is 1. The molecule has 0 atom stereocenters. The van der Waals surface area contributed by atoms with Gasteiger partial charge in [0.25, 0.3) is 10.1 Å². The molecule has 0 unspecified atom stereocenters. The molecule has 16 heteroatoms. The van der Waals surface area contributed by atoms with E-state index in [2.05, 4.69) is 20.5 Å². The van der Waals surface area contributed by atoms with Gasteiger partial charge < -0.3 is 34.6 Å². The molecule has 0 heterocycles. The Morgan fingerprint density at radius 3 is 2.10 bits per heavy atom. The van der Waals surface area contributed by atoms with Gasteiger partial charge in [-0.3, -0.25) is 4.55 Å². The first kappa shape index (κ1) is 30.6. The van der Waals surface area contributed by atoms with E-state index in [4.69, 9.17) is 29.5 Å². The third-order valence-corrected chi connectivity index (χ3v) is 6.77. The molecule has 0 amide bonds. The van der Waals surface area contributed by atoms with Gasteiger partial charge in [0.1, 0.15) is 39.2 Å². The largest absolute Gasteiger partial charge is 0.505 e. The highest BCUT2D eigenvalue weighted by molar-refractivity contribution is 7.86. The summed E-state index contributed by atoms with van der Waals surface area (Å²) in [5, 5.41) is 27.9. The van der Waals surface area contributed by atoms with Crippen LogP contribution in [0.1, 0.15) is 13.8 Å². The fraction of sp³-hybridized carbons (Fsp3) is 0.154. The number of fused-ring (bicyclic) bond motifs is 1. The van der Waals surface area contributed by atoms with Crippen LogP contribution in [0.4, 0.5) is 28.4 Å². The lowest BCUT2D eigenvalue weighted by Crippen LogP contribution is -1.99. The fourth-order valence-electron chi connectivity index (χ4n) is 3.80.